The molecule has 0 spiro atoms. The van der Waals surface area contributed by atoms with Gasteiger partial charge in [-0.3, -0.25) is 0 Å². The molecule has 19 heavy (non-hydrogen) atoms. The first-order valence-electron chi connectivity index (χ1n) is 6.35. The van der Waals surface area contributed by atoms with Gasteiger partial charge in [-0.15, -0.1) is 11.8 Å². The second kappa shape index (κ2) is 5.25. The zero-order chi connectivity index (χ0) is 13.2. The third kappa shape index (κ3) is 2.61. The molecule has 3 rings (SSSR count). The van der Waals surface area contributed by atoms with Gasteiger partial charge in [0.2, 0.25) is 0 Å². The van der Waals surface area contributed by atoms with Crippen molar-refractivity contribution in [3.63, 3.8) is 0 Å². The van der Waals surface area contributed by atoms with Crippen molar-refractivity contribution in [2.45, 2.75) is 17.7 Å². The summed E-state index contributed by atoms with van der Waals surface area (Å²) in [5, 5.41) is 0. The molecular weight excluding hydrogens is 259 g/mol. The Bertz CT molecular complexity index is 597. The molecule has 0 N–H and O–H groups in total. The molecule has 0 bridgehead atoms. The van der Waals surface area contributed by atoms with Crippen molar-refractivity contribution in [1.82, 2.24) is 0 Å². The van der Waals surface area contributed by atoms with Gasteiger partial charge in [-0.05, 0) is 42.3 Å². The normalized spacial score (nSPS) is 17.3. The van der Waals surface area contributed by atoms with E-state index < -0.39 is 0 Å². The molecule has 1 heterocycles. The Morgan fingerprint density at radius 1 is 1.26 bits per heavy atom. The van der Waals surface area contributed by atoms with E-state index >= 15 is 0 Å². The van der Waals surface area contributed by atoms with Crippen molar-refractivity contribution >= 4 is 11.8 Å². The molecule has 1 atom stereocenters. The maximum absolute atomic E-state index is 13.0. The van der Waals surface area contributed by atoms with Crippen molar-refractivity contribution in [3.05, 3.63) is 59.4 Å². The molecule has 0 saturated heterocycles. The topological polar surface area (TPSA) is 9.23 Å². The summed E-state index contributed by atoms with van der Waals surface area (Å²) in [6.07, 6.45) is 0. The van der Waals surface area contributed by atoms with Gasteiger partial charge in [0.25, 0.3) is 0 Å². The highest BCUT2D eigenvalue weighted by Gasteiger charge is 2.23. The molecule has 0 aromatic heterocycles. The van der Waals surface area contributed by atoms with E-state index in [0.717, 1.165) is 17.1 Å². The Morgan fingerprint density at radius 3 is 2.95 bits per heavy atom. The van der Waals surface area contributed by atoms with E-state index in [9.17, 15) is 4.39 Å². The van der Waals surface area contributed by atoms with Gasteiger partial charge in [-0.25, -0.2) is 4.39 Å². The van der Waals surface area contributed by atoms with Gasteiger partial charge in [0, 0.05) is 16.6 Å². The van der Waals surface area contributed by atoms with Crippen LogP contribution in [0.25, 0.3) is 0 Å². The maximum atomic E-state index is 13.0. The van der Waals surface area contributed by atoms with E-state index in [0.29, 0.717) is 12.5 Å². The Labute approximate surface area is 116 Å². The molecule has 0 fully saturated rings. The van der Waals surface area contributed by atoms with Crippen LogP contribution in [0.15, 0.2) is 47.4 Å². The average molecular weight is 274 g/mol. The molecule has 98 valence electrons. The molecule has 2 aromatic carbocycles. The smallest absolute Gasteiger partial charge is 0.123 e. The summed E-state index contributed by atoms with van der Waals surface area (Å²) in [5.74, 6) is 2.03. The zero-order valence-corrected chi connectivity index (χ0v) is 11.5. The predicted molar refractivity (Wildman–Crippen MR) is 76.5 cm³/mol. The molecule has 3 heteroatoms. The van der Waals surface area contributed by atoms with E-state index in [-0.39, 0.29) is 5.82 Å². The number of ether oxygens (including phenoxy) is 1. The van der Waals surface area contributed by atoms with Gasteiger partial charge in [0.15, 0.2) is 0 Å². The SMILES string of the molecule is Cc1cc(F)ccc1OCC1CSc2ccccc21. The van der Waals surface area contributed by atoms with Crippen LogP contribution in [0.2, 0.25) is 0 Å². The van der Waals surface area contributed by atoms with Gasteiger partial charge in [0.05, 0.1) is 6.61 Å². The first-order chi connectivity index (χ1) is 9.24. The molecule has 1 nitrogen and oxygen atoms in total. The molecule has 0 aliphatic carbocycles. The molecule has 1 aliphatic heterocycles. The summed E-state index contributed by atoms with van der Waals surface area (Å²) in [6, 6.07) is 13.1. The minimum atomic E-state index is -0.216. The minimum Gasteiger partial charge on any atom is -0.493 e. The van der Waals surface area contributed by atoms with Crippen molar-refractivity contribution in [2.75, 3.05) is 12.4 Å². The number of hydrogen-bond acceptors (Lipinski definition) is 2. The van der Waals surface area contributed by atoms with Crippen LogP contribution in [0.3, 0.4) is 0 Å². The second-order valence-electron chi connectivity index (χ2n) is 4.77. The summed E-state index contributed by atoms with van der Waals surface area (Å²) in [4.78, 5) is 1.35. The van der Waals surface area contributed by atoms with E-state index in [1.165, 1.54) is 22.6 Å². The lowest BCUT2D eigenvalue weighted by Crippen LogP contribution is -2.10. The number of hydrogen-bond donors (Lipinski definition) is 0. The number of benzene rings is 2. The number of halogens is 1. The van der Waals surface area contributed by atoms with E-state index in [2.05, 4.69) is 24.3 Å². The fourth-order valence-corrected chi connectivity index (χ4v) is 3.57. The lowest BCUT2D eigenvalue weighted by Gasteiger charge is -2.14. The van der Waals surface area contributed by atoms with Crippen LogP contribution in [-0.2, 0) is 0 Å². The molecule has 1 unspecified atom stereocenters. The number of fused-ring (bicyclic) bond motifs is 1. The van der Waals surface area contributed by atoms with Crippen molar-refractivity contribution < 1.29 is 9.13 Å². The Hall–Kier alpha value is -1.48. The lowest BCUT2D eigenvalue weighted by atomic mass is 10.0. The highest BCUT2D eigenvalue weighted by atomic mass is 32.2. The molecule has 0 radical (unpaired) electrons. The Kier molecular flexibility index (Phi) is 3.47. The summed E-state index contributed by atoms with van der Waals surface area (Å²) < 4.78 is 18.9. The van der Waals surface area contributed by atoms with Crippen LogP contribution in [0, 0.1) is 12.7 Å². The van der Waals surface area contributed by atoms with Gasteiger partial charge in [-0.2, -0.15) is 0 Å². The Morgan fingerprint density at radius 2 is 2.11 bits per heavy atom. The summed E-state index contributed by atoms with van der Waals surface area (Å²) in [7, 11) is 0. The quantitative estimate of drug-likeness (QED) is 0.820. The van der Waals surface area contributed by atoms with Crippen molar-refractivity contribution in [3.8, 4) is 5.75 Å². The van der Waals surface area contributed by atoms with Crippen LogP contribution in [0.1, 0.15) is 17.0 Å². The average Bonchev–Trinajstić information content (AvgIpc) is 2.81. The third-order valence-electron chi connectivity index (χ3n) is 3.38. The number of thioether (sulfide) groups is 1. The first-order valence-corrected chi connectivity index (χ1v) is 7.33. The highest BCUT2D eigenvalue weighted by molar-refractivity contribution is 7.99. The summed E-state index contributed by atoms with van der Waals surface area (Å²) in [5.41, 5.74) is 2.21. The largest absolute Gasteiger partial charge is 0.493 e. The molecule has 0 saturated carbocycles. The van der Waals surface area contributed by atoms with Gasteiger partial charge >= 0.3 is 0 Å². The van der Waals surface area contributed by atoms with Gasteiger partial charge in [0.1, 0.15) is 11.6 Å². The Balaban J connectivity index is 1.71. The van der Waals surface area contributed by atoms with E-state index in [4.69, 9.17) is 4.74 Å². The van der Waals surface area contributed by atoms with E-state index in [1.54, 1.807) is 6.07 Å². The molecule has 1 aliphatic rings. The first kappa shape index (κ1) is 12.5. The van der Waals surface area contributed by atoms with Crippen molar-refractivity contribution in [2.24, 2.45) is 0 Å². The van der Waals surface area contributed by atoms with Gasteiger partial charge in [-0.1, -0.05) is 18.2 Å². The van der Waals surface area contributed by atoms with Crippen molar-refractivity contribution in [1.29, 1.82) is 0 Å². The molecular formula is C16H15FOS. The summed E-state index contributed by atoms with van der Waals surface area (Å²) >= 11 is 1.88. The standard InChI is InChI=1S/C16H15FOS/c1-11-8-13(17)6-7-15(11)18-9-12-10-19-16-5-3-2-4-14(12)16/h2-8,12H,9-10H2,1H3. The number of aryl methyl sites for hydroxylation is 1. The highest BCUT2D eigenvalue weighted by Crippen LogP contribution is 2.39. The molecule has 0 amide bonds. The molecule has 2 aromatic rings. The van der Waals surface area contributed by atoms with Crippen LogP contribution in [-0.4, -0.2) is 12.4 Å². The zero-order valence-electron chi connectivity index (χ0n) is 10.7. The minimum absolute atomic E-state index is 0.216. The van der Waals surface area contributed by atoms with Crippen LogP contribution in [0.4, 0.5) is 4.39 Å². The third-order valence-corrected chi connectivity index (χ3v) is 4.63. The lowest BCUT2D eigenvalue weighted by molar-refractivity contribution is 0.295. The predicted octanol–water partition coefficient (Wildman–Crippen LogP) is 4.40. The van der Waals surface area contributed by atoms with Crippen LogP contribution in [0.5, 0.6) is 5.75 Å². The summed E-state index contributed by atoms with van der Waals surface area (Å²) in [6.45, 7) is 2.52. The van der Waals surface area contributed by atoms with Gasteiger partial charge < -0.3 is 4.74 Å². The number of rotatable bonds is 3. The monoisotopic (exact) mass is 274 g/mol. The van der Waals surface area contributed by atoms with Crippen LogP contribution < -0.4 is 4.74 Å². The maximum Gasteiger partial charge on any atom is 0.123 e. The fraction of sp³-hybridized carbons (Fsp3) is 0.250. The fourth-order valence-electron chi connectivity index (χ4n) is 2.33. The van der Waals surface area contributed by atoms with Crippen LogP contribution >= 0.6 is 11.8 Å². The van der Waals surface area contributed by atoms with E-state index in [1.807, 2.05) is 18.7 Å². The second-order valence-corrected chi connectivity index (χ2v) is 5.83.